The van der Waals surface area contributed by atoms with E-state index in [9.17, 15) is 0 Å². The lowest BCUT2D eigenvalue weighted by Gasteiger charge is -2.18. The van der Waals surface area contributed by atoms with Gasteiger partial charge in [-0.05, 0) is 32.6 Å². The van der Waals surface area contributed by atoms with E-state index in [0.29, 0.717) is 33.0 Å². The van der Waals surface area contributed by atoms with E-state index in [1.54, 1.807) is 0 Å². The van der Waals surface area contributed by atoms with E-state index in [4.69, 9.17) is 19.3 Å². The highest BCUT2D eigenvalue weighted by Gasteiger charge is 2.23. The molecule has 4 heteroatoms. The summed E-state index contributed by atoms with van der Waals surface area (Å²) in [6.45, 7) is 4.64. The van der Waals surface area contributed by atoms with E-state index in [1.807, 2.05) is 32.6 Å². The van der Waals surface area contributed by atoms with Gasteiger partial charge in [0.1, 0.15) is 0 Å². The molecule has 1 aliphatic carbocycles. The molecule has 0 aromatic heterocycles. The largest absolute Gasteiger partial charge is 0.394 e. The highest BCUT2D eigenvalue weighted by molar-refractivity contribution is 5.37. The molecule has 1 saturated carbocycles. The molecule has 1 aliphatic rings. The minimum Gasteiger partial charge on any atom is -0.394 e. The van der Waals surface area contributed by atoms with Gasteiger partial charge in [-0.2, -0.15) is 0 Å². The average Bonchev–Trinajstić information content (AvgIpc) is 2.86. The molecule has 0 aliphatic heterocycles. The fraction of sp³-hybridized carbons (Fsp3) is 0.615. The normalized spacial score (nSPS) is 18.7. The molecule has 0 amide bonds. The van der Waals surface area contributed by atoms with Gasteiger partial charge in [-0.25, -0.2) is 0 Å². The van der Waals surface area contributed by atoms with Gasteiger partial charge >= 0.3 is 0 Å². The minimum absolute atomic E-state index is 0.0558. The van der Waals surface area contributed by atoms with Gasteiger partial charge in [-0.3, -0.25) is 0 Å². The summed E-state index contributed by atoms with van der Waals surface area (Å²) in [5, 5.41) is 8.47. The number of hydrogen-bond donors (Lipinski definition) is 1. The van der Waals surface area contributed by atoms with Crippen molar-refractivity contribution in [3.05, 3.63) is 31.6 Å². The Morgan fingerprint density at radius 2 is 1.59 bits per heavy atom. The number of hydrogen-bond acceptors (Lipinski definition) is 4. The molecule has 0 bridgehead atoms. The van der Waals surface area contributed by atoms with Gasteiger partial charge in [0.15, 0.2) is 0 Å². The second kappa shape index (κ2) is 9.83. The van der Waals surface area contributed by atoms with Gasteiger partial charge in [0.25, 0.3) is 0 Å². The molecule has 5 radical (unpaired) electrons. The predicted octanol–water partition coefficient (Wildman–Crippen LogP) is 0.822. The van der Waals surface area contributed by atoms with Crippen molar-refractivity contribution in [2.24, 2.45) is 0 Å². The Labute approximate surface area is 104 Å². The molecule has 0 spiro atoms. The quantitative estimate of drug-likeness (QED) is 0.575. The van der Waals surface area contributed by atoms with Crippen molar-refractivity contribution in [2.45, 2.75) is 13.0 Å². The van der Waals surface area contributed by atoms with Crippen molar-refractivity contribution < 1.29 is 19.3 Å². The first-order chi connectivity index (χ1) is 8.34. The molecule has 4 nitrogen and oxygen atoms in total. The smallest absolute Gasteiger partial charge is 0.0704 e. The Kier molecular flexibility index (Phi) is 8.61. The van der Waals surface area contributed by atoms with E-state index >= 15 is 0 Å². The van der Waals surface area contributed by atoms with Gasteiger partial charge < -0.3 is 19.3 Å². The first kappa shape index (κ1) is 14.9. The SMILES string of the molecule is CC(OCCOCCOCCO)[C]1[CH][CH][CH][CH]1. The molecular formula is C13H21O4. The van der Waals surface area contributed by atoms with Crippen molar-refractivity contribution in [1.29, 1.82) is 0 Å². The Morgan fingerprint density at radius 3 is 2.24 bits per heavy atom. The van der Waals surface area contributed by atoms with E-state index < -0.39 is 0 Å². The highest BCUT2D eigenvalue weighted by Crippen LogP contribution is 2.27. The van der Waals surface area contributed by atoms with Gasteiger partial charge in [-0.1, -0.05) is 0 Å². The van der Waals surface area contributed by atoms with Crippen molar-refractivity contribution in [1.82, 2.24) is 0 Å². The third kappa shape index (κ3) is 6.99. The second-order valence-corrected chi connectivity index (χ2v) is 3.68. The van der Waals surface area contributed by atoms with Gasteiger partial charge in [0.05, 0.1) is 45.7 Å². The fourth-order valence-electron chi connectivity index (χ4n) is 1.43. The minimum atomic E-state index is 0.0558. The summed E-state index contributed by atoms with van der Waals surface area (Å²) in [5.74, 6) is 1.19. The van der Waals surface area contributed by atoms with Crippen LogP contribution in [0.1, 0.15) is 6.92 Å². The average molecular weight is 241 g/mol. The third-order valence-electron chi connectivity index (χ3n) is 2.36. The van der Waals surface area contributed by atoms with E-state index in [1.165, 1.54) is 5.92 Å². The van der Waals surface area contributed by atoms with Crippen LogP contribution < -0.4 is 0 Å². The summed E-state index contributed by atoms with van der Waals surface area (Å²) in [6, 6.07) is 0. The number of ether oxygens (including phenoxy) is 3. The van der Waals surface area contributed by atoms with Crippen molar-refractivity contribution in [3.8, 4) is 0 Å². The third-order valence-corrected chi connectivity index (χ3v) is 2.36. The van der Waals surface area contributed by atoms with E-state index in [2.05, 4.69) is 0 Å². The highest BCUT2D eigenvalue weighted by atomic mass is 16.5. The fourth-order valence-corrected chi connectivity index (χ4v) is 1.43. The van der Waals surface area contributed by atoms with Crippen LogP contribution in [0.4, 0.5) is 0 Å². The number of aliphatic hydroxyl groups excluding tert-OH is 1. The zero-order valence-electron chi connectivity index (χ0n) is 10.3. The zero-order chi connectivity index (χ0) is 12.3. The van der Waals surface area contributed by atoms with Crippen LogP contribution in [0, 0.1) is 31.6 Å². The summed E-state index contributed by atoms with van der Waals surface area (Å²) < 4.78 is 16.0. The van der Waals surface area contributed by atoms with Crippen LogP contribution in [0.15, 0.2) is 0 Å². The number of aliphatic hydroxyl groups is 1. The maximum absolute atomic E-state index is 8.47. The monoisotopic (exact) mass is 241 g/mol. The Balaban J connectivity index is 1.83. The lowest BCUT2D eigenvalue weighted by Crippen LogP contribution is -2.20. The van der Waals surface area contributed by atoms with Crippen LogP contribution in [0.3, 0.4) is 0 Å². The van der Waals surface area contributed by atoms with Crippen molar-refractivity contribution in [2.75, 3.05) is 39.6 Å². The molecule has 0 aromatic carbocycles. The van der Waals surface area contributed by atoms with Crippen LogP contribution in [-0.2, 0) is 14.2 Å². The first-order valence-corrected chi connectivity index (χ1v) is 5.94. The topological polar surface area (TPSA) is 47.9 Å². The molecular weight excluding hydrogens is 220 g/mol. The predicted molar refractivity (Wildman–Crippen MR) is 64.6 cm³/mol. The molecule has 1 rings (SSSR count). The van der Waals surface area contributed by atoms with Crippen LogP contribution in [0.5, 0.6) is 0 Å². The molecule has 1 fully saturated rings. The maximum Gasteiger partial charge on any atom is 0.0704 e. The van der Waals surface area contributed by atoms with E-state index in [-0.39, 0.29) is 12.7 Å². The second-order valence-electron chi connectivity index (χ2n) is 3.68. The molecule has 1 atom stereocenters. The van der Waals surface area contributed by atoms with Crippen molar-refractivity contribution in [3.63, 3.8) is 0 Å². The van der Waals surface area contributed by atoms with Crippen LogP contribution in [0.25, 0.3) is 0 Å². The Hall–Kier alpha value is -0.160. The molecule has 97 valence electrons. The lowest BCUT2D eigenvalue weighted by atomic mass is 10.0. The van der Waals surface area contributed by atoms with Crippen LogP contribution >= 0.6 is 0 Å². The van der Waals surface area contributed by atoms with Crippen molar-refractivity contribution >= 4 is 0 Å². The van der Waals surface area contributed by atoms with Gasteiger partial charge in [0.2, 0.25) is 0 Å². The van der Waals surface area contributed by atoms with Crippen LogP contribution in [-0.4, -0.2) is 50.9 Å². The summed E-state index contributed by atoms with van der Waals surface area (Å²) in [5.41, 5.74) is 0. The lowest BCUT2D eigenvalue weighted by molar-refractivity contribution is -0.00504. The van der Waals surface area contributed by atoms with Crippen LogP contribution in [0.2, 0.25) is 0 Å². The van der Waals surface area contributed by atoms with E-state index in [0.717, 1.165) is 0 Å². The molecule has 1 unspecified atom stereocenters. The first-order valence-electron chi connectivity index (χ1n) is 5.94. The van der Waals surface area contributed by atoms with Gasteiger partial charge in [0, 0.05) is 5.92 Å². The summed E-state index contributed by atoms with van der Waals surface area (Å²) in [7, 11) is 0. The summed E-state index contributed by atoms with van der Waals surface area (Å²) in [6.07, 6.45) is 8.22. The maximum atomic E-state index is 8.47. The van der Waals surface area contributed by atoms with Gasteiger partial charge in [-0.15, -0.1) is 0 Å². The standard InChI is InChI=1S/C13H21O4/c1-12(13-4-2-3-5-13)17-11-10-16-9-8-15-7-6-14/h2-5,12,14H,6-11H2,1H3. The molecule has 0 aromatic rings. The summed E-state index contributed by atoms with van der Waals surface area (Å²) >= 11 is 0. The molecule has 1 N–H and O–H groups in total. The Morgan fingerprint density at radius 1 is 1.00 bits per heavy atom. The molecule has 17 heavy (non-hydrogen) atoms. The molecule has 0 saturated heterocycles. The molecule has 0 heterocycles. The summed E-state index contributed by atoms with van der Waals surface area (Å²) in [4.78, 5) is 0. The number of rotatable bonds is 10. The zero-order valence-corrected chi connectivity index (χ0v) is 10.3. The Bertz CT molecular complexity index is 169.